The summed E-state index contributed by atoms with van der Waals surface area (Å²) < 4.78 is 4.93. The van der Waals surface area contributed by atoms with Crippen molar-refractivity contribution in [2.45, 2.75) is 30.5 Å². The van der Waals surface area contributed by atoms with Crippen molar-refractivity contribution >= 4 is 23.5 Å². The Morgan fingerprint density at radius 3 is 2.93 bits per heavy atom. The van der Waals surface area contributed by atoms with Crippen molar-refractivity contribution in [2.75, 3.05) is 11.5 Å². The topological polar surface area (TPSA) is 59.2 Å². The molecule has 2 rings (SSSR count). The third-order valence-corrected chi connectivity index (χ3v) is 5.57. The molecule has 84 valence electrons. The molecule has 0 saturated carbocycles. The molecule has 0 aliphatic carbocycles. The lowest BCUT2D eigenvalue weighted by molar-refractivity contribution is 0.222. The molecule has 1 fully saturated rings. The highest BCUT2D eigenvalue weighted by Crippen LogP contribution is 2.42. The minimum atomic E-state index is -0.172. The first kappa shape index (κ1) is 11.3. The van der Waals surface area contributed by atoms with Gasteiger partial charge in [-0.3, -0.25) is 0 Å². The summed E-state index contributed by atoms with van der Waals surface area (Å²) in [5, 5.41) is 13.7. The zero-order chi connectivity index (χ0) is 10.7. The molecule has 0 radical (unpaired) electrons. The van der Waals surface area contributed by atoms with E-state index in [-0.39, 0.29) is 6.61 Å². The number of aliphatic hydroxyl groups is 1. The van der Waals surface area contributed by atoms with E-state index in [1.54, 1.807) is 0 Å². The molecule has 1 aliphatic heterocycles. The van der Waals surface area contributed by atoms with E-state index in [0.717, 1.165) is 18.0 Å². The van der Waals surface area contributed by atoms with Crippen LogP contribution >= 0.6 is 23.5 Å². The Morgan fingerprint density at radius 2 is 2.27 bits per heavy atom. The van der Waals surface area contributed by atoms with Gasteiger partial charge in [0.2, 0.25) is 0 Å². The number of thioether (sulfide) groups is 2. The van der Waals surface area contributed by atoms with Crippen molar-refractivity contribution in [3.8, 4) is 0 Å². The molecule has 2 atom stereocenters. The lowest BCUT2D eigenvalue weighted by Crippen LogP contribution is -2.19. The van der Waals surface area contributed by atoms with Crippen molar-refractivity contribution in [2.24, 2.45) is 0 Å². The molecule has 1 aromatic heterocycles. The standard InChI is InChI=1S/C9H14N2O2S2/c1-2-6-8(15-4-3-14-6)9-10-7(5-12)13-11-9/h6,8,12H,2-5H2,1H3. The van der Waals surface area contributed by atoms with E-state index in [2.05, 4.69) is 17.1 Å². The van der Waals surface area contributed by atoms with Gasteiger partial charge in [0, 0.05) is 16.8 Å². The van der Waals surface area contributed by atoms with Crippen molar-refractivity contribution in [1.82, 2.24) is 10.1 Å². The van der Waals surface area contributed by atoms with E-state index in [1.165, 1.54) is 5.75 Å². The maximum absolute atomic E-state index is 8.86. The van der Waals surface area contributed by atoms with Gasteiger partial charge >= 0.3 is 0 Å². The van der Waals surface area contributed by atoms with Gasteiger partial charge < -0.3 is 9.63 Å². The monoisotopic (exact) mass is 246 g/mol. The van der Waals surface area contributed by atoms with Gasteiger partial charge in [-0.1, -0.05) is 12.1 Å². The second-order valence-corrected chi connectivity index (χ2v) is 5.91. The van der Waals surface area contributed by atoms with Crippen LogP contribution in [0.5, 0.6) is 0 Å². The number of hydrogen-bond acceptors (Lipinski definition) is 6. The largest absolute Gasteiger partial charge is 0.387 e. The van der Waals surface area contributed by atoms with Gasteiger partial charge in [-0.25, -0.2) is 0 Å². The predicted octanol–water partition coefficient (Wildman–Crippen LogP) is 1.86. The summed E-state index contributed by atoms with van der Waals surface area (Å²) in [5.41, 5.74) is 0. The summed E-state index contributed by atoms with van der Waals surface area (Å²) in [4.78, 5) is 4.19. The van der Waals surface area contributed by atoms with Crippen LogP contribution in [0, 0.1) is 0 Å². The Morgan fingerprint density at radius 1 is 1.47 bits per heavy atom. The second kappa shape index (κ2) is 5.23. The molecule has 6 heteroatoms. The summed E-state index contributed by atoms with van der Waals surface area (Å²) >= 11 is 3.86. The average Bonchev–Trinajstić information content (AvgIpc) is 2.77. The highest BCUT2D eigenvalue weighted by molar-refractivity contribution is 8.06. The highest BCUT2D eigenvalue weighted by atomic mass is 32.2. The molecule has 1 N–H and O–H groups in total. The van der Waals surface area contributed by atoms with E-state index in [1.807, 2.05) is 23.5 Å². The second-order valence-electron chi connectivity index (χ2n) is 3.31. The van der Waals surface area contributed by atoms with E-state index >= 15 is 0 Å². The molecule has 0 aromatic carbocycles. The van der Waals surface area contributed by atoms with Gasteiger partial charge in [0.25, 0.3) is 5.89 Å². The summed E-state index contributed by atoms with van der Waals surface area (Å²) in [6.45, 7) is 2.01. The molecule has 15 heavy (non-hydrogen) atoms. The van der Waals surface area contributed by atoms with Crippen molar-refractivity contribution in [3.05, 3.63) is 11.7 Å². The molecular weight excluding hydrogens is 232 g/mol. The van der Waals surface area contributed by atoms with E-state index in [9.17, 15) is 0 Å². The van der Waals surface area contributed by atoms with Gasteiger partial charge in [-0.05, 0) is 6.42 Å². The normalized spacial score (nSPS) is 26.8. The van der Waals surface area contributed by atoms with Gasteiger partial charge in [-0.2, -0.15) is 16.7 Å². The van der Waals surface area contributed by atoms with Crippen molar-refractivity contribution < 1.29 is 9.63 Å². The number of aliphatic hydroxyl groups excluding tert-OH is 1. The molecule has 2 unspecified atom stereocenters. The first-order chi connectivity index (χ1) is 7.35. The quantitative estimate of drug-likeness (QED) is 0.878. The molecule has 0 bridgehead atoms. The summed E-state index contributed by atoms with van der Waals surface area (Å²) in [6, 6.07) is 0. The smallest absolute Gasteiger partial charge is 0.252 e. The fourth-order valence-electron chi connectivity index (χ4n) is 1.59. The van der Waals surface area contributed by atoms with Crippen LogP contribution in [0.15, 0.2) is 4.52 Å². The van der Waals surface area contributed by atoms with Crippen LogP contribution in [0.4, 0.5) is 0 Å². The van der Waals surface area contributed by atoms with Crippen molar-refractivity contribution in [3.63, 3.8) is 0 Å². The molecule has 4 nitrogen and oxygen atoms in total. The molecule has 2 heterocycles. The Kier molecular flexibility index (Phi) is 3.93. The number of rotatable bonds is 3. The molecule has 1 saturated heterocycles. The van der Waals surface area contributed by atoms with Crippen LogP contribution in [-0.4, -0.2) is 32.0 Å². The van der Waals surface area contributed by atoms with E-state index < -0.39 is 0 Å². The van der Waals surface area contributed by atoms with Gasteiger partial charge in [-0.15, -0.1) is 11.8 Å². The van der Waals surface area contributed by atoms with Gasteiger partial charge in [0.05, 0.1) is 5.25 Å². The zero-order valence-corrected chi connectivity index (χ0v) is 10.2. The fraction of sp³-hybridized carbons (Fsp3) is 0.778. The van der Waals surface area contributed by atoms with Gasteiger partial charge in [0.15, 0.2) is 5.82 Å². The SMILES string of the molecule is CCC1SCCSC1c1noc(CO)n1. The van der Waals surface area contributed by atoms with Gasteiger partial charge in [0.1, 0.15) is 6.61 Å². The number of aromatic nitrogens is 2. The van der Waals surface area contributed by atoms with Crippen LogP contribution in [0.2, 0.25) is 0 Å². The summed E-state index contributed by atoms with van der Waals surface area (Å²) in [6.07, 6.45) is 1.12. The Labute approximate surface area is 97.2 Å². The third kappa shape index (κ3) is 2.49. The fourth-order valence-corrected chi connectivity index (χ4v) is 4.57. The van der Waals surface area contributed by atoms with E-state index in [0.29, 0.717) is 16.4 Å². The molecule has 1 aromatic rings. The molecule has 0 amide bonds. The van der Waals surface area contributed by atoms with Crippen LogP contribution in [0.3, 0.4) is 0 Å². The summed E-state index contributed by atoms with van der Waals surface area (Å²) in [7, 11) is 0. The molecule has 0 spiro atoms. The summed E-state index contributed by atoms with van der Waals surface area (Å²) in [5.74, 6) is 3.39. The first-order valence-corrected chi connectivity index (χ1v) is 7.11. The minimum absolute atomic E-state index is 0.172. The lowest BCUT2D eigenvalue weighted by atomic mass is 10.2. The number of hydrogen-bond donors (Lipinski definition) is 1. The highest BCUT2D eigenvalue weighted by Gasteiger charge is 2.30. The first-order valence-electron chi connectivity index (χ1n) is 5.01. The van der Waals surface area contributed by atoms with Crippen LogP contribution < -0.4 is 0 Å². The maximum Gasteiger partial charge on any atom is 0.252 e. The van der Waals surface area contributed by atoms with Crippen LogP contribution in [0.1, 0.15) is 30.3 Å². The Hall–Kier alpha value is -0.200. The molecular formula is C9H14N2O2S2. The third-order valence-electron chi connectivity index (χ3n) is 2.33. The van der Waals surface area contributed by atoms with E-state index in [4.69, 9.17) is 9.63 Å². The lowest BCUT2D eigenvalue weighted by Gasteiger charge is -2.27. The van der Waals surface area contributed by atoms with Crippen LogP contribution in [0.25, 0.3) is 0 Å². The zero-order valence-electron chi connectivity index (χ0n) is 8.55. The maximum atomic E-state index is 8.86. The predicted molar refractivity (Wildman–Crippen MR) is 62.0 cm³/mol. The minimum Gasteiger partial charge on any atom is -0.387 e. The average molecular weight is 246 g/mol. The Bertz CT molecular complexity index is 319. The van der Waals surface area contributed by atoms with Crippen LogP contribution in [-0.2, 0) is 6.61 Å². The number of nitrogens with zero attached hydrogens (tertiary/aromatic N) is 2. The molecule has 1 aliphatic rings. The Balaban J connectivity index is 2.12. The van der Waals surface area contributed by atoms with Crippen molar-refractivity contribution in [1.29, 1.82) is 0 Å².